The summed E-state index contributed by atoms with van der Waals surface area (Å²) in [5.41, 5.74) is 0. The first-order valence-electron chi connectivity index (χ1n) is 3.24. The second-order valence-electron chi connectivity index (χ2n) is 2.25. The summed E-state index contributed by atoms with van der Waals surface area (Å²) >= 11 is 2.36. The number of halogens is 1. The number of alkyl halides is 1. The molecule has 3 heteroatoms. The van der Waals surface area contributed by atoms with Gasteiger partial charge in [0.25, 0.3) is 0 Å². The van der Waals surface area contributed by atoms with Crippen LogP contribution in [-0.4, -0.2) is 21.9 Å². The molecular weight excluding hydrogens is 231 g/mol. The van der Waals surface area contributed by atoms with Crippen molar-refractivity contribution in [1.29, 1.82) is 0 Å². The standard InChI is InChI=1S/C6H11IO2/c7-4-2-1-3-5-6(8)9-5/h5-6,8H,1-4H2/t5?,6-/m1/s1. The van der Waals surface area contributed by atoms with E-state index in [1.54, 1.807) is 0 Å². The second kappa shape index (κ2) is 3.73. The van der Waals surface area contributed by atoms with Crippen LogP contribution in [0.3, 0.4) is 0 Å². The predicted octanol–water partition coefficient (Wildman–Crippen LogP) is 1.31. The van der Waals surface area contributed by atoms with Crippen molar-refractivity contribution in [3.63, 3.8) is 0 Å². The average molecular weight is 242 g/mol. The molecule has 0 aromatic heterocycles. The van der Waals surface area contributed by atoms with Gasteiger partial charge in [-0.25, -0.2) is 0 Å². The Morgan fingerprint density at radius 3 is 2.56 bits per heavy atom. The number of aliphatic hydroxyl groups is 1. The summed E-state index contributed by atoms with van der Waals surface area (Å²) in [4.78, 5) is 0. The van der Waals surface area contributed by atoms with Gasteiger partial charge in [0.1, 0.15) is 6.10 Å². The minimum atomic E-state index is -0.431. The lowest BCUT2D eigenvalue weighted by Crippen LogP contribution is -1.91. The fourth-order valence-corrected chi connectivity index (χ4v) is 1.32. The quantitative estimate of drug-likeness (QED) is 0.349. The van der Waals surface area contributed by atoms with E-state index in [-0.39, 0.29) is 6.10 Å². The highest BCUT2D eigenvalue weighted by Gasteiger charge is 2.35. The topological polar surface area (TPSA) is 32.8 Å². The molecule has 0 bridgehead atoms. The fraction of sp³-hybridized carbons (Fsp3) is 1.00. The summed E-state index contributed by atoms with van der Waals surface area (Å²) in [7, 11) is 0. The van der Waals surface area contributed by atoms with Crippen molar-refractivity contribution in [3.8, 4) is 0 Å². The normalized spacial score (nSPS) is 32.7. The zero-order chi connectivity index (χ0) is 6.69. The van der Waals surface area contributed by atoms with Gasteiger partial charge in [-0.15, -0.1) is 0 Å². The molecule has 0 amide bonds. The molecule has 0 spiro atoms. The Labute approximate surface area is 68.7 Å². The van der Waals surface area contributed by atoms with Crippen LogP contribution in [0.2, 0.25) is 0 Å². The van der Waals surface area contributed by atoms with Gasteiger partial charge in [-0.1, -0.05) is 22.6 Å². The Morgan fingerprint density at radius 1 is 1.44 bits per heavy atom. The third kappa shape index (κ3) is 2.82. The Balaban J connectivity index is 1.83. The van der Waals surface area contributed by atoms with Crippen molar-refractivity contribution in [3.05, 3.63) is 0 Å². The summed E-state index contributed by atoms with van der Waals surface area (Å²) < 4.78 is 6.03. The zero-order valence-electron chi connectivity index (χ0n) is 5.22. The first-order valence-corrected chi connectivity index (χ1v) is 4.76. The lowest BCUT2D eigenvalue weighted by Gasteiger charge is -1.90. The number of epoxide rings is 1. The molecule has 1 aliphatic rings. The third-order valence-corrected chi connectivity index (χ3v) is 2.19. The SMILES string of the molecule is O[C@@H]1OC1CCCCI. The molecule has 0 aliphatic carbocycles. The highest BCUT2D eigenvalue weighted by molar-refractivity contribution is 14.1. The highest BCUT2D eigenvalue weighted by atomic mass is 127. The van der Waals surface area contributed by atoms with E-state index in [2.05, 4.69) is 22.6 Å². The van der Waals surface area contributed by atoms with E-state index in [1.165, 1.54) is 17.3 Å². The second-order valence-corrected chi connectivity index (χ2v) is 3.33. The smallest absolute Gasteiger partial charge is 0.181 e. The molecule has 1 heterocycles. The number of ether oxygens (including phenoxy) is 1. The molecular formula is C6H11IO2. The van der Waals surface area contributed by atoms with Crippen LogP contribution in [0.15, 0.2) is 0 Å². The minimum absolute atomic E-state index is 0.174. The molecule has 1 fully saturated rings. The lowest BCUT2D eigenvalue weighted by molar-refractivity contribution is 0.156. The molecule has 2 nitrogen and oxygen atoms in total. The number of aliphatic hydroxyl groups excluding tert-OH is 1. The largest absolute Gasteiger partial charge is 0.366 e. The number of rotatable bonds is 4. The molecule has 9 heavy (non-hydrogen) atoms. The number of hydrogen-bond acceptors (Lipinski definition) is 2. The third-order valence-electron chi connectivity index (χ3n) is 1.43. The van der Waals surface area contributed by atoms with Crippen LogP contribution in [0.1, 0.15) is 19.3 Å². The Morgan fingerprint density at radius 2 is 2.11 bits per heavy atom. The maximum atomic E-state index is 8.70. The first-order chi connectivity index (χ1) is 4.34. The van der Waals surface area contributed by atoms with E-state index in [4.69, 9.17) is 9.84 Å². The van der Waals surface area contributed by atoms with Crippen LogP contribution < -0.4 is 0 Å². The van der Waals surface area contributed by atoms with Crippen molar-refractivity contribution >= 4 is 22.6 Å². The Hall–Kier alpha value is 0.650. The summed E-state index contributed by atoms with van der Waals surface area (Å²) in [6.45, 7) is 0. The van der Waals surface area contributed by atoms with Crippen LogP contribution >= 0.6 is 22.6 Å². The fourth-order valence-electron chi connectivity index (χ4n) is 0.784. The van der Waals surface area contributed by atoms with Gasteiger partial charge in [-0.05, 0) is 23.7 Å². The van der Waals surface area contributed by atoms with Gasteiger partial charge in [0, 0.05) is 0 Å². The summed E-state index contributed by atoms with van der Waals surface area (Å²) in [6, 6.07) is 0. The molecule has 0 aromatic rings. The summed E-state index contributed by atoms with van der Waals surface area (Å²) in [5, 5.41) is 8.70. The van der Waals surface area contributed by atoms with Gasteiger partial charge in [0.15, 0.2) is 6.29 Å². The monoisotopic (exact) mass is 242 g/mol. The molecule has 54 valence electrons. The van der Waals surface area contributed by atoms with Crippen molar-refractivity contribution in [2.75, 3.05) is 4.43 Å². The van der Waals surface area contributed by atoms with E-state index in [0.29, 0.717) is 0 Å². The van der Waals surface area contributed by atoms with Crippen molar-refractivity contribution in [1.82, 2.24) is 0 Å². The van der Waals surface area contributed by atoms with Crippen LogP contribution in [-0.2, 0) is 4.74 Å². The Bertz CT molecular complexity index is 87.1. The molecule has 0 aromatic carbocycles. The van der Waals surface area contributed by atoms with E-state index in [9.17, 15) is 0 Å². The average Bonchev–Trinajstić information content (AvgIpc) is 2.48. The maximum absolute atomic E-state index is 8.70. The van der Waals surface area contributed by atoms with Crippen molar-refractivity contribution in [2.45, 2.75) is 31.7 Å². The Kier molecular flexibility index (Phi) is 3.21. The zero-order valence-corrected chi connectivity index (χ0v) is 7.37. The van der Waals surface area contributed by atoms with E-state index >= 15 is 0 Å². The molecule has 1 aliphatic heterocycles. The van der Waals surface area contributed by atoms with E-state index in [0.717, 1.165) is 6.42 Å². The molecule has 2 atom stereocenters. The number of hydrogen-bond donors (Lipinski definition) is 1. The van der Waals surface area contributed by atoms with Crippen LogP contribution in [0.4, 0.5) is 0 Å². The van der Waals surface area contributed by atoms with E-state index in [1.807, 2.05) is 0 Å². The molecule has 0 saturated carbocycles. The molecule has 1 rings (SSSR count). The van der Waals surface area contributed by atoms with Crippen LogP contribution in [0.5, 0.6) is 0 Å². The minimum Gasteiger partial charge on any atom is -0.366 e. The molecule has 1 saturated heterocycles. The maximum Gasteiger partial charge on any atom is 0.181 e. The molecule has 0 radical (unpaired) electrons. The van der Waals surface area contributed by atoms with Gasteiger partial charge in [0.05, 0.1) is 0 Å². The van der Waals surface area contributed by atoms with Crippen LogP contribution in [0, 0.1) is 0 Å². The first kappa shape index (κ1) is 7.75. The number of unbranched alkanes of at least 4 members (excludes halogenated alkanes) is 1. The van der Waals surface area contributed by atoms with Crippen molar-refractivity contribution < 1.29 is 9.84 Å². The lowest BCUT2D eigenvalue weighted by atomic mass is 10.2. The van der Waals surface area contributed by atoms with Gasteiger partial charge in [-0.3, -0.25) is 0 Å². The van der Waals surface area contributed by atoms with Crippen LogP contribution in [0.25, 0.3) is 0 Å². The van der Waals surface area contributed by atoms with Crippen molar-refractivity contribution in [2.24, 2.45) is 0 Å². The molecule has 1 N–H and O–H groups in total. The van der Waals surface area contributed by atoms with Gasteiger partial charge in [-0.2, -0.15) is 0 Å². The highest BCUT2D eigenvalue weighted by Crippen LogP contribution is 2.24. The van der Waals surface area contributed by atoms with Gasteiger partial charge < -0.3 is 9.84 Å². The van der Waals surface area contributed by atoms with E-state index < -0.39 is 6.29 Å². The summed E-state index contributed by atoms with van der Waals surface area (Å²) in [6.07, 6.45) is 3.20. The van der Waals surface area contributed by atoms with Gasteiger partial charge in [0.2, 0.25) is 0 Å². The van der Waals surface area contributed by atoms with Gasteiger partial charge >= 0.3 is 0 Å². The predicted molar refractivity (Wildman–Crippen MR) is 43.6 cm³/mol. The molecule has 1 unspecified atom stereocenters. The summed E-state index contributed by atoms with van der Waals surface area (Å²) in [5.74, 6) is 0.